The van der Waals surface area contributed by atoms with E-state index in [0.717, 1.165) is 51.8 Å². The summed E-state index contributed by atoms with van der Waals surface area (Å²) in [6, 6.07) is 0.0496. The Morgan fingerprint density at radius 2 is 2.00 bits per heavy atom. The van der Waals surface area contributed by atoms with E-state index < -0.39 is 0 Å². The minimum absolute atomic E-state index is 0.0313. The number of hydrogen-bond donors (Lipinski definition) is 1. The Balaban J connectivity index is 1.93. The molecule has 1 saturated carbocycles. The molecule has 19 heavy (non-hydrogen) atoms. The molecule has 0 aromatic rings. The smallest absolute Gasteiger partial charge is 0.227 e. The van der Waals surface area contributed by atoms with Gasteiger partial charge in [0.25, 0.3) is 0 Å². The average molecular weight is 268 g/mol. The van der Waals surface area contributed by atoms with Crippen LogP contribution >= 0.6 is 0 Å². The van der Waals surface area contributed by atoms with Crippen LogP contribution in [0.1, 0.15) is 51.9 Å². The summed E-state index contributed by atoms with van der Waals surface area (Å²) < 4.78 is 5.65. The molecule has 1 saturated heterocycles. The lowest BCUT2D eigenvalue weighted by atomic mass is 9.93. The molecular formula is C15H28N2O2. The molecule has 1 heterocycles. The molecule has 0 aromatic heterocycles. The van der Waals surface area contributed by atoms with Crippen molar-refractivity contribution < 1.29 is 9.53 Å². The second-order valence-corrected chi connectivity index (χ2v) is 5.92. The van der Waals surface area contributed by atoms with Gasteiger partial charge in [-0.05, 0) is 32.6 Å². The number of carbonyl (C=O) groups is 1. The van der Waals surface area contributed by atoms with Gasteiger partial charge in [0.1, 0.15) is 0 Å². The maximum atomic E-state index is 12.7. The first-order valence-corrected chi connectivity index (χ1v) is 7.88. The molecule has 2 rings (SSSR count). The lowest BCUT2D eigenvalue weighted by molar-refractivity contribution is -0.137. The minimum Gasteiger partial charge on any atom is -0.376 e. The number of amides is 1. The van der Waals surface area contributed by atoms with Gasteiger partial charge in [0.2, 0.25) is 5.91 Å². The number of likely N-dealkylation sites (N-methyl/N-ethyl adjacent to an activating group) is 1. The molecule has 110 valence electrons. The molecule has 3 atom stereocenters. The molecule has 1 amide bonds. The number of rotatable bonds is 4. The molecule has 0 aromatic carbocycles. The third-order valence-corrected chi connectivity index (χ3v) is 4.53. The Bertz CT molecular complexity index is 290. The van der Waals surface area contributed by atoms with Crippen LogP contribution < -0.4 is 5.73 Å². The van der Waals surface area contributed by atoms with E-state index in [-0.39, 0.29) is 24.0 Å². The third-order valence-electron chi connectivity index (χ3n) is 4.53. The van der Waals surface area contributed by atoms with Crippen LogP contribution in [0.4, 0.5) is 0 Å². The van der Waals surface area contributed by atoms with Crippen LogP contribution in [-0.2, 0) is 9.53 Å². The van der Waals surface area contributed by atoms with E-state index in [1.807, 2.05) is 4.90 Å². The maximum absolute atomic E-state index is 12.7. The zero-order valence-electron chi connectivity index (χ0n) is 12.1. The van der Waals surface area contributed by atoms with Gasteiger partial charge in [0.15, 0.2) is 0 Å². The van der Waals surface area contributed by atoms with E-state index in [0.29, 0.717) is 0 Å². The molecule has 2 aliphatic rings. The number of nitrogens with two attached hydrogens (primary N) is 1. The van der Waals surface area contributed by atoms with Crippen molar-refractivity contribution in [2.45, 2.75) is 64.0 Å². The molecule has 4 nitrogen and oxygen atoms in total. The van der Waals surface area contributed by atoms with Crippen molar-refractivity contribution in [2.24, 2.45) is 11.7 Å². The van der Waals surface area contributed by atoms with Gasteiger partial charge in [0.05, 0.1) is 12.0 Å². The highest BCUT2D eigenvalue weighted by Gasteiger charge is 2.31. The second kappa shape index (κ2) is 7.25. The summed E-state index contributed by atoms with van der Waals surface area (Å²) in [7, 11) is 0. The highest BCUT2D eigenvalue weighted by atomic mass is 16.5. The topological polar surface area (TPSA) is 55.6 Å². The second-order valence-electron chi connectivity index (χ2n) is 5.92. The van der Waals surface area contributed by atoms with E-state index in [1.54, 1.807) is 0 Å². The largest absolute Gasteiger partial charge is 0.376 e. The van der Waals surface area contributed by atoms with Crippen LogP contribution in [0.3, 0.4) is 0 Å². The number of carbonyl (C=O) groups excluding carboxylic acids is 1. The summed E-state index contributed by atoms with van der Waals surface area (Å²) in [4.78, 5) is 14.6. The van der Waals surface area contributed by atoms with Gasteiger partial charge in [-0.15, -0.1) is 0 Å². The first kappa shape index (κ1) is 14.8. The summed E-state index contributed by atoms with van der Waals surface area (Å²) in [6.07, 6.45) is 7.93. The molecule has 2 N–H and O–H groups in total. The lowest BCUT2D eigenvalue weighted by Crippen LogP contribution is -2.46. The first-order chi connectivity index (χ1) is 9.22. The molecule has 0 radical (unpaired) electrons. The van der Waals surface area contributed by atoms with Gasteiger partial charge in [-0.2, -0.15) is 0 Å². The quantitative estimate of drug-likeness (QED) is 0.793. The lowest BCUT2D eigenvalue weighted by Gasteiger charge is -2.30. The van der Waals surface area contributed by atoms with Crippen LogP contribution in [0, 0.1) is 5.92 Å². The summed E-state index contributed by atoms with van der Waals surface area (Å²) in [5.41, 5.74) is 6.20. The van der Waals surface area contributed by atoms with E-state index >= 15 is 0 Å². The van der Waals surface area contributed by atoms with E-state index in [2.05, 4.69) is 6.92 Å². The third kappa shape index (κ3) is 3.93. The Kier molecular flexibility index (Phi) is 5.64. The van der Waals surface area contributed by atoms with E-state index in [1.165, 1.54) is 12.8 Å². The molecule has 0 spiro atoms. The van der Waals surface area contributed by atoms with Crippen molar-refractivity contribution in [2.75, 3.05) is 19.7 Å². The molecule has 4 heteroatoms. The molecule has 0 bridgehead atoms. The van der Waals surface area contributed by atoms with Crippen molar-refractivity contribution in [1.82, 2.24) is 4.90 Å². The summed E-state index contributed by atoms with van der Waals surface area (Å²) in [5, 5.41) is 0. The van der Waals surface area contributed by atoms with Gasteiger partial charge in [-0.1, -0.05) is 19.3 Å². The zero-order valence-corrected chi connectivity index (χ0v) is 12.1. The number of hydrogen-bond acceptors (Lipinski definition) is 3. The van der Waals surface area contributed by atoms with E-state index in [9.17, 15) is 4.79 Å². The van der Waals surface area contributed by atoms with Crippen LogP contribution in [0.5, 0.6) is 0 Å². The van der Waals surface area contributed by atoms with Crippen molar-refractivity contribution in [3.05, 3.63) is 0 Å². The zero-order chi connectivity index (χ0) is 13.7. The first-order valence-electron chi connectivity index (χ1n) is 7.88. The fourth-order valence-corrected chi connectivity index (χ4v) is 3.29. The molecule has 1 aliphatic heterocycles. The highest BCUT2D eigenvalue weighted by Crippen LogP contribution is 2.24. The van der Waals surface area contributed by atoms with Crippen LogP contribution in [-0.4, -0.2) is 42.6 Å². The van der Waals surface area contributed by atoms with Crippen LogP contribution in [0.2, 0.25) is 0 Å². The summed E-state index contributed by atoms with van der Waals surface area (Å²) in [6.45, 7) is 4.41. The van der Waals surface area contributed by atoms with Crippen molar-refractivity contribution >= 4 is 5.91 Å². The predicted octanol–water partition coefficient (Wildman–Crippen LogP) is 1.92. The van der Waals surface area contributed by atoms with Crippen LogP contribution in [0.25, 0.3) is 0 Å². The van der Waals surface area contributed by atoms with Crippen LogP contribution in [0.15, 0.2) is 0 Å². The van der Waals surface area contributed by atoms with Gasteiger partial charge in [0, 0.05) is 25.7 Å². The van der Waals surface area contributed by atoms with Crippen molar-refractivity contribution in [3.63, 3.8) is 0 Å². The molecular weight excluding hydrogens is 240 g/mol. The van der Waals surface area contributed by atoms with Crippen molar-refractivity contribution in [3.8, 4) is 0 Å². The number of ether oxygens (including phenoxy) is 1. The molecule has 3 unspecified atom stereocenters. The number of nitrogens with zero attached hydrogens (tertiary/aromatic N) is 1. The average Bonchev–Trinajstić information content (AvgIpc) is 2.83. The van der Waals surface area contributed by atoms with Gasteiger partial charge in [-0.3, -0.25) is 4.79 Å². The Labute approximate surface area is 116 Å². The fraction of sp³-hybridized carbons (Fsp3) is 0.933. The predicted molar refractivity (Wildman–Crippen MR) is 75.8 cm³/mol. The van der Waals surface area contributed by atoms with E-state index in [4.69, 9.17) is 10.5 Å². The Hall–Kier alpha value is -0.610. The van der Waals surface area contributed by atoms with Gasteiger partial charge >= 0.3 is 0 Å². The molecule has 1 aliphatic carbocycles. The summed E-state index contributed by atoms with van der Waals surface area (Å²) >= 11 is 0. The fourth-order valence-electron chi connectivity index (χ4n) is 3.29. The summed E-state index contributed by atoms with van der Waals surface area (Å²) in [5.74, 6) is 0.288. The van der Waals surface area contributed by atoms with Gasteiger partial charge < -0.3 is 15.4 Å². The SMILES string of the molecule is CCN(CC1CCCO1)C(=O)C1CCCCCC1N. The highest BCUT2D eigenvalue weighted by molar-refractivity contribution is 5.79. The normalized spacial score (nSPS) is 32.0. The standard InChI is InChI=1S/C15H28N2O2/c1-2-17(11-12-7-6-10-19-12)15(18)13-8-4-3-5-9-14(13)16/h12-14H,2-11,16H2,1H3. The maximum Gasteiger partial charge on any atom is 0.227 e. The minimum atomic E-state index is 0.0313. The molecule has 2 fully saturated rings. The Morgan fingerprint density at radius 3 is 2.68 bits per heavy atom. The monoisotopic (exact) mass is 268 g/mol. The van der Waals surface area contributed by atoms with Gasteiger partial charge in [-0.25, -0.2) is 0 Å². The Morgan fingerprint density at radius 1 is 1.21 bits per heavy atom. The van der Waals surface area contributed by atoms with Crippen molar-refractivity contribution in [1.29, 1.82) is 0 Å².